The van der Waals surface area contributed by atoms with Gasteiger partial charge < -0.3 is 15.0 Å². The number of aryl methyl sites for hydroxylation is 1. The molecule has 0 aromatic carbocycles. The molecule has 6 nitrogen and oxygen atoms in total. The summed E-state index contributed by atoms with van der Waals surface area (Å²) in [5.41, 5.74) is -0.0485. The van der Waals surface area contributed by atoms with Crippen molar-refractivity contribution in [3.8, 4) is 0 Å². The quantitative estimate of drug-likeness (QED) is 0.613. The van der Waals surface area contributed by atoms with Crippen molar-refractivity contribution < 1.29 is 19.5 Å². The van der Waals surface area contributed by atoms with Crippen molar-refractivity contribution in [2.75, 3.05) is 0 Å². The molecule has 0 atom stereocenters. The van der Waals surface area contributed by atoms with Gasteiger partial charge in [0.25, 0.3) is 11.7 Å². The van der Waals surface area contributed by atoms with Crippen LogP contribution in [-0.2, 0) is 11.8 Å². The van der Waals surface area contributed by atoms with Crippen molar-refractivity contribution in [3.05, 3.63) is 23.5 Å². The zero-order valence-corrected chi connectivity index (χ0v) is 10.5. The number of amides is 1. The van der Waals surface area contributed by atoms with Gasteiger partial charge in [-0.25, -0.2) is 4.79 Å². The van der Waals surface area contributed by atoms with E-state index in [2.05, 4.69) is 5.32 Å². The minimum absolute atomic E-state index is 0.0123. The van der Waals surface area contributed by atoms with Gasteiger partial charge in [0, 0.05) is 24.3 Å². The zero-order valence-electron chi connectivity index (χ0n) is 10.5. The number of hydrogen-bond donors (Lipinski definition) is 2. The Morgan fingerprint density at radius 2 is 2.00 bits per heavy atom. The summed E-state index contributed by atoms with van der Waals surface area (Å²) in [6.45, 7) is 0. The van der Waals surface area contributed by atoms with Crippen molar-refractivity contribution >= 4 is 17.7 Å². The number of carbonyl (C=O) groups is 3. The maximum atomic E-state index is 11.9. The average molecular weight is 262 g/mol. The number of carboxylic acids is 1. The van der Waals surface area contributed by atoms with Crippen LogP contribution in [0, 0.1) is 5.92 Å². The molecule has 0 spiro atoms. The number of Topliss-reactive ketones (excluding diaryl/α,β-unsaturated/α-hetero) is 1. The second-order valence-electron chi connectivity index (χ2n) is 5.57. The summed E-state index contributed by atoms with van der Waals surface area (Å²) in [6, 6.07) is 1.23. The Morgan fingerprint density at radius 3 is 2.42 bits per heavy atom. The summed E-state index contributed by atoms with van der Waals surface area (Å²) in [5.74, 6) is -1.72. The highest BCUT2D eigenvalue weighted by atomic mass is 16.4. The second kappa shape index (κ2) is 3.69. The van der Waals surface area contributed by atoms with Gasteiger partial charge in [0.05, 0.1) is 0 Å². The molecule has 19 heavy (non-hydrogen) atoms. The number of hydrogen-bond acceptors (Lipinski definition) is 3. The normalized spacial score (nSPS) is 27.1. The fourth-order valence-corrected chi connectivity index (χ4v) is 2.96. The average Bonchev–Trinajstić information content (AvgIpc) is 2.62. The molecule has 3 saturated carbocycles. The summed E-state index contributed by atoms with van der Waals surface area (Å²) in [4.78, 5) is 34.7. The van der Waals surface area contributed by atoms with Gasteiger partial charge in [-0.1, -0.05) is 0 Å². The molecule has 2 bridgehead atoms. The number of nitrogens with one attached hydrogen (secondary N) is 1. The minimum Gasteiger partial charge on any atom is -0.477 e. The molecular formula is C13H14N2O4. The van der Waals surface area contributed by atoms with Crippen molar-refractivity contribution in [3.63, 3.8) is 0 Å². The van der Waals surface area contributed by atoms with Gasteiger partial charge in [0.15, 0.2) is 0 Å². The molecule has 0 unspecified atom stereocenters. The lowest BCUT2D eigenvalue weighted by Crippen LogP contribution is -2.68. The van der Waals surface area contributed by atoms with Crippen LogP contribution in [0.25, 0.3) is 0 Å². The third-order valence-electron chi connectivity index (χ3n) is 4.11. The van der Waals surface area contributed by atoms with Gasteiger partial charge in [0.1, 0.15) is 5.69 Å². The van der Waals surface area contributed by atoms with Crippen LogP contribution in [0.3, 0.4) is 0 Å². The molecule has 3 fully saturated rings. The molecule has 6 heteroatoms. The van der Waals surface area contributed by atoms with Crippen molar-refractivity contribution in [2.45, 2.75) is 24.8 Å². The zero-order chi connectivity index (χ0) is 13.8. The summed E-state index contributed by atoms with van der Waals surface area (Å²) in [5, 5.41) is 11.7. The van der Waals surface area contributed by atoms with E-state index in [0.29, 0.717) is 5.92 Å². The standard InChI is InChI=1S/C13H14N2O4/c1-15-6-8(2-9(15)12(18)19)10(16)11(17)14-13-3-7(4-13)5-13/h2,6-7H,3-5H2,1H3,(H,14,17)(H,18,19). The van der Waals surface area contributed by atoms with E-state index in [4.69, 9.17) is 5.11 Å². The summed E-state index contributed by atoms with van der Waals surface area (Å²) >= 11 is 0. The van der Waals surface area contributed by atoms with Crippen LogP contribution >= 0.6 is 0 Å². The van der Waals surface area contributed by atoms with E-state index in [1.165, 1.54) is 23.9 Å². The number of aromatic nitrogens is 1. The minimum atomic E-state index is -1.12. The Kier molecular flexibility index (Phi) is 2.32. The molecule has 100 valence electrons. The molecule has 1 amide bonds. The van der Waals surface area contributed by atoms with Gasteiger partial charge in [0.2, 0.25) is 0 Å². The highest BCUT2D eigenvalue weighted by Gasteiger charge is 2.57. The van der Waals surface area contributed by atoms with Gasteiger partial charge in [-0.2, -0.15) is 0 Å². The number of carbonyl (C=O) groups excluding carboxylic acids is 2. The molecule has 3 aliphatic rings. The predicted molar refractivity (Wildman–Crippen MR) is 64.9 cm³/mol. The number of rotatable bonds is 4. The lowest BCUT2D eigenvalue weighted by molar-refractivity contribution is -0.128. The van der Waals surface area contributed by atoms with Crippen LogP contribution < -0.4 is 5.32 Å². The highest BCUT2D eigenvalue weighted by molar-refractivity contribution is 6.43. The predicted octanol–water partition coefficient (Wildman–Crippen LogP) is 0.575. The fourth-order valence-electron chi connectivity index (χ4n) is 2.96. The van der Waals surface area contributed by atoms with Gasteiger partial charge in [-0.05, 0) is 31.2 Å². The first-order valence-electron chi connectivity index (χ1n) is 6.17. The molecule has 1 heterocycles. The summed E-state index contributed by atoms with van der Waals surface area (Å²) in [6.07, 6.45) is 4.25. The van der Waals surface area contributed by atoms with E-state index in [1.54, 1.807) is 0 Å². The Morgan fingerprint density at radius 1 is 1.37 bits per heavy atom. The Bertz CT molecular complexity index is 585. The molecule has 4 rings (SSSR count). The second-order valence-corrected chi connectivity index (χ2v) is 5.57. The lowest BCUT2D eigenvalue weighted by Gasteiger charge is -2.61. The topological polar surface area (TPSA) is 88.4 Å². The molecule has 0 radical (unpaired) electrons. The maximum Gasteiger partial charge on any atom is 0.352 e. The van der Waals surface area contributed by atoms with E-state index in [9.17, 15) is 14.4 Å². The maximum absolute atomic E-state index is 11.9. The third kappa shape index (κ3) is 1.75. The summed E-state index contributed by atoms with van der Waals surface area (Å²) < 4.78 is 1.32. The largest absolute Gasteiger partial charge is 0.477 e. The molecule has 3 aliphatic carbocycles. The van der Waals surface area contributed by atoms with Crippen molar-refractivity contribution in [1.82, 2.24) is 9.88 Å². The highest BCUT2D eigenvalue weighted by Crippen LogP contribution is 2.56. The number of nitrogens with zero attached hydrogens (tertiary/aromatic N) is 1. The van der Waals surface area contributed by atoms with Crippen LogP contribution in [0.4, 0.5) is 0 Å². The Hall–Kier alpha value is -2.11. The molecule has 0 saturated heterocycles. The van der Waals surface area contributed by atoms with Gasteiger partial charge in [-0.15, -0.1) is 0 Å². The Labute approximate surface area is 109 Å². The number of aromatic carboxylic acids is 1. The van der Waals surface area contributed by atoms with E-state index in [1.807, 2.05) is 0 Å². The van der Waals surface area contributed by atoms with E-state index in [0.717, 1.165) is 19.3 Å². The lowest BCUT2D eigenvalue weighted by atomic mass is 9.50. The first kappa shape index (κ1) is 12.0. The van der Waals surface area contributed by atoms with Crippen LogP contribution in [0.1, 0.15) is 40.1 Å². The smallest absolute Gasteiger partial charge is 0.352 e. The SMILES string of the molecule is Cn1cc(C(=O)C(=O)NC23CC(C2)C3)cc1C(=O)O. The first-order valence-corrected chi connectivity index (χ1v) is 6.17. The van der Waals surface area contributed by atoms with Crippen LogP contribution in [0.5, 0.6) is 0 Å². The van der Waals surface area contributed by atoms with E-state index in [-0.39, 0.29) is 16.8 Å². The van der Waals surface area contributed by atoms with Crippen LogP contribution in [-0.4, -0.2) is 32.9 Å². The van der Waals surface area contributed by atoms with E-state index < -0.39 is 17.7 Å². The van der Waals surface area contributed by atoms with Crippen LogP contribution in [0.15, 0.2) is 12.3 Å². The van der Waals surface area contributed by atoms with Crippen molar-refractivity contribution in [2.24, 2.45) is 13.0 Å². The summed E-state index contributed by atoms with van der Waals surface area (Å²) in [7, 11) is 1.53. The third-order valence-corrected chi connectivity index (χ3v) is 4.11. The molecule has 1 aromatic rings. The molecule has 2 N–H and O–H groups in total. The Balaban J connectivity index is 1.74. The number of ketones is 1. The molecule has 0 aliphatic heterocycles. The number of carboxylic acid groups (broad SMARTS) is 1. The monoisotopic (exact) mass is 262 g/mol. The first-order chi connectivity index (χ1) is 8.90. The van der Waals surface area contributed by atoms with Crippen LogP contribution in [0.2, 0.25) is 0 Å². The molecule has 1 aromatic heterocycles. The van der Waals surface area contributed by atoms with Gasteiger partial charge in [-0.3, -0.25) is 9.59 Å². The van der Waals surface area contributed by atoms with Gasteiger partial charge >= 0.3 is 5.97 Å². The van der Waals surface area contributed by atoms with Crippen molar-refractivity contribution in [1.29, 1.82) is 0 Å². The fraction of sp³-hybridized carbons (Fsp3) is 0.462. The van der Waals surface area contributed by atoms with E-state index >= 15 is 0 Å². The molecular weight excluding hydrogens is 248 g/mol.